The molecule has 2 aromatic heterocycles. The van der Waals surface area contributed by atoms with E-state index in [9.17, 15) is 0 Å². The highest BCUT2D eigenvalue weighted by Gasteiger charge is 2.22. The van der Waals surface area contributed by atoms with Crippen molar-refractivity contribution in [1.29, 1.82) is 0 Å². The number of nitrogens with zero attached hydrogens (tertiary/aromatic N) is 2. The summed E-state index contributed by atoms with van der Waals surface area (Å²) in [5, 5.41) is 6.02. The SMILES string of the molecule is NC(CC1CCCCC1)c1nc(-c2cccs2)no1. The van der Waals surface area contributed by atoms with Gasteiger partial charge >= 0.3 is 0 Å². The summed E-state index contributed by atoms with van der Waals surface area (Å²) in [6.07, 6.45) is 7.59. The fraction of sp³-hybridized carbons (Fsp3) is 0.571. The minimum atomic E-state index is -0.121. The molecule has 3 rings (SSSR count). The van der Waals surface area contributed by atoms with Crippen molar-refractivity contribution < 1.29 is 4.52 Å². The van der Waals surface area contributed by atoms with E-state index in [4.69, 9.17) is 10.3 Å². The van der Waals surface area contributed by atoms with Crippen LogP contribution in [0.1, 0.15) is 50.5 Å². The van der Waals surface area contributed by atoms with Crippen LogP contribution in [0.2, 0.25) is 0 Å². The Bertz CT molecular complexity index is 503. The van der Waals surface area contributed by atoms with Gasteiger partial charge in [0.05, 0.1) is 10.9 Å². The molecular weight excluding hydrogens is 258 g/mol. The smallest absolute Gasteiger partial charge is 0.243 e. The zero-order valence-electron chi connectivity index (χ0n) is 10.9. The van der Waals surface area contributed by atoms with E-state index in [2.05, 4.69) is 10.1 Å². The second-order valence-electron chi connectivity index (χ2n) is 5.28. The fourth-order valence-corrected chi connectivity index (χ4v) is 3.42. The Kier molecular flexibility index (Phi) is 3.94. The van der Waals surface area contributed by atoms with Gasteiger partial charge in [-0.1, -0.05) is 43.3 Å². The van der Waals surface area contributed by atoms with Crippen LogP contribution in [0, 0.1) is 5.92 Å². The molecule has 0 amide bonds. The van der Waals surface area contributed by atoms with Gasteiger partial charge in [-0.3, -0.25) is 0 Å². The number of hydrogen-bond acceptors (Lipinski definition) is 5. The maximum absolute atomic E-state index is 6.20. The number of nitrogens with two attached hydrogens (primary N) is 1. The van der Waals surface area contributed by atoms with Crippen LogP contribution in [0.15, 0.2) is 22.0 Å². The van der Waals surface area contributed by atoms with Gasteiger partial charge in [0, 0.05) is 0 Å². The van der Waals surface area contributed by atoms with Crippen LogP contribution in [0.4, 0.5) is 0 Å². The maximum atomic E-state index is 6.20. The van der Waals surface area contributed by atoms with E-state index in [0.29, 0.717) is 11.7 Å². The predicted molar refractivity (Wildman–Crippen MR) is 75.7 cm³/mol. The Morgan fingerprint density at radius 3 is 2.95 bits per heavy atom. The van der Waals surface area contributed by atoms with Crippen molar-refractivity contribution in [2.45, 2.75) is 44.6 Å². The minimum Gasteiger partial charge on any atom is -0.337 e. The van der Waals surface area contributed by atoms with E-state index in [1.54, 1.807) is 11.3 Å². The molecule has 0 bridgehead atoms. The van der Waals surface area contributed by atoms with Gasteiger partial charge in [0.1, 0.15) is 0 Å². The topological polar surface area (TPSA) is 64.9 Å². The van der Waals surface area contributed by atoms with Gasteiger partial charge in [0.15, 0.2) is 0 Å². The van der Waals surface area contributed by atoms with Crippen LogP contribution >= 0.6 is 11.3 Å². The first-order chi connectivity index (χ1) is 9.33. The molecule has 4 nitrogen and oxygen atoms in total. The first-order valence-corrected chi connectivity index (χ1v) is 7.84. The van der Waals surface area contributed by atoms with Gasteiger partial charge in [0.2, 0.25) is 11.7 Å². The summed E-state index contributed by atoms with van der Waals surface area (Å²) >= 11 is 1.61. The Balaban J connectivity index is 1.65. The number of aromatic nitrogens is 2. The monoisotopic (exact) mass is 277 g/mol. The molecule has 2 heterocycles. The van der Waals surface area contributed by atoms with Crippen LogP contribution in [-0.4, -0.2) is 10.1 Å². The van der Waals surface area contributed by atoms with E-state index in [1.165, 1.54) is 32.1 Å². The summed E-state index contributed by atoms with van der Waals surface area (Å²) in [6.45, 7) is 0. The van der Waals surface area contributed by atoms with E-state index in [0.717, 1.165) is 17.2 Å². The van der Waals surface area contributed by atoms with Gasteiger partial charge < -0.3 is 10.3 Å². The van der Waals surface area contributed by atoms with Crippen LogP contribution in [-0.2, 0) is 0 Å². The molecule has 1 aliphatic rings. The van der Waals surface area contributed by atoms with E-state index in [-0.39, 0.29) is 6.04 Å². The van der Waals surface area contributed by atoms with Crippen LogP contribution in [0.5, 0.6) is 0 Å². The maximum Gasteiger partial charge on any atom is 0.243 e. The summed E-state index contributed by atoms with van der Waals surface area (Å²) in [5.41, 5.74) is 6.20. The highest BCUT2D eigenvalue weighted by Crippen LogP contribution is 2.31. The van der Waals surface area contributed by atoms with E-state index < -0.39 is 0 Å². The largest absolute Gasteiger partial charge is 0.337 e. The molecule has 1 unspecified atom stereocenters. The van der Waals surface area contributed by atoms with E-state index in [1.807, 2.05) is 17.5 Å². The number of hydrogen-bond donors (Lipinski definition) is 1. The molecule has 2 N–H and O–H groups in total. The zero-order valence-corrected chi connectivity index (χ0v) is 11.7. The molecule has 102 valence electrons. The Hall–Kier alpha value is -1.20. The lowest BCUT2D eigenvalue weighted by Gasteiger charge is -2.22. The van der Waals surface area contributed by atoms with Crippen molar-refractivity contribution in [3.05, 3.63) is 23.4 Å². The van der Waals surface area contributed by atoms with Gasteiger partial charge in [-0.05, 0) is 23.8 Å². The predicted octanol–water partition coefficient (Wildman–Crippen LogP) is 3.77. The van der Waals surface area contributed by atoms with Crippen LogP contribution in [0.3, 0.4) is 0 Å². The lowest BCUT2D eigenvalue weighted by Crippen LogP contribution is -2.17. The lowest BCUT2D eigenvalue weighted by atomic mass is 9.85. The Labute approximate surface area is 117 Å². The molecule has 1 aliphatic carbocycles. The normalized spacial score (nSPS) is 18.6. The third-order valence-corrected chi connectivity index (χ3v) is 4.68. The molecule has 2 aromatic rings. The van der Waals surface area contributed by atoms with Crippen molar-refractivity contribution in [1.82, 2.24) is 10.1 Å². The molecule has 0 radical (unpaired) electrons. The highest BCUT2D eigenvalue weighted by atomic mass is 32.1. The summed E-state index contributed by atoms with van der Waals surface area (Å²) in [5.74, 6) is 1.96. The average molecular weight is 277 g/mol. The van der Waals surface area contributed by atoms with Crippen LogP contribution < -0.4 is 5.73 Å². The van der Waals surface area contributed by atoms with Crippen molar-refractivity contribution in [2.24, 2.45) is 11.7 Å². The summed E-state index contributed by atoms with van der Waals surface area (Å²) in [4.78, 5) is 5.45. The quantitative estimate of drug-likeness (QED) is 0.924. The first kappa shape index (κ1) is 12.8. The highest BCUT2D eigenvalue weighted by molar-refractivity contribution is 7.13. The Morgan fingerprint density at radius 1 is 1.37 bits per heavy atom. The van der Waals surface area contributed by atoms with Crippen LogP contribution in [0.25, 0.3) is 10.7 Å². The Morgan fingerprint density at radius 2 is 2.21 bits per heavy atom. The van der Waals surface area contributed by atoms with Crippen molar-refractivity contribution in [3.63, 3.8) is 0 Å². The number of thiophene rings is 1. The van der Waals surface area contributed by atoms with Crippen molar-refractivity contribution in [3.8, 4) is 10.7 Å². The second kappa shape index (κ2) is 5.84. The van der Waals surface area contributed by atoms with Gasteiger partial charge in [-0.15, -0.1) is 11.3 Å². The molecular formula is C14H19N3OS. The minimum absolute atomic E-state index is 0.121. The number of rotatable bonds is 4. The molecule has 0 saturated heterocycles. The van der Waals surface area contributed by atoms with Gasteiger partial charge in [-0.2, -0.15) is 4.98 Å². The molecule has 5 heteroatoms. The van der Waals surface area contributed by atoms with E-state index >= 15 is 0 Å². The standard InChI is InChI=1S/C14H19N3OS/c15-11(9-10-5-2-1-3-6-10)14-16-13(17-18-14)12-7-4-8-19-12/h4,7-8,10-11H,1-3,5-6,9,15H2. The molecule has 1 fully saturated rings. The lowest BCUT2D eigenvalue weighted by molar-refractivity contribution is 0.284. The second-order valence-corrected chi connectivity index (χ2v) is 6.23. The summed E-state index contributed by atoms with van der Waals surface area (Å²) in [7, 11) is 0. The van der Waals surface area contributed by atoms with Gasteiger partial charge in [0.25, 0.3) is 0 Å². The third-order valence-electron chi connectivity index (χ3n) is 3.81. The molecule has 0 aliphatic heterocycles. The van der Waals surface area contributed by atoms with Crippen molar-refractivity contribution >= 4 is 11.3 Å². The van der Waals surface area contributed by atoms with Crippen molar-refractivity contribution in [2.75, 3.05) is 0 Å². The third kappa shape index (κ3) is 3.04. The molecule has 1 saturated carbocycles. The van der Waals surface area contributed by atoms with Gasteiger partial charge in [-0.25, -0.2) is 0 Å². The fourth-order valence-electron chi connectivity index (χ4n) is 2.77. The first-order valence-electron chi connectivity index (χ1n) is 6.96. The molecule has 1 atom stereocenters. The molecule has 0 spiro atoms. The summed E-state index contributed by atoms with van der Waals surface area (Å²) in [6, 6.07) is 3.86. The average Bonchev–Trinajstić information content (AvgIpc) is 3.11. The molecule has 0 aromatic carbocycles. The zero-order chi connectivity index (χ0) is 13.1. The summed E-state index contributed by atoms with van der Waals surface area (Å²) < 4.78 is 5.31. The molecule has 19 heavy (non-hydrogen) atoms.